The van der Waals surface area contributed by atoms with E-state index in [1.54, 1.807) is 0 Å². The lowest BCUT2D eigenvalue weighted by Gasteiger charge is -2.42. The number of carbonyl (C=O) groups excluding carboxylic acids is 2. The van der Waals surface area contributed by atoms with Crippen LogP contribution in [0.25, 0.3) is 0 Å². The second-order valence-electron chi connectivity index (χ2n) is 8.63. The van der Waals surface area contributed by atoms with Gasteiger partial charge in [-0.05, 0) is 26.2 Å². The molecule has 0 bridgehead atoms. The molecule has 136 valence electrons. The summed E-state index contributed by atoms with van der Waals surface area (Å²) in [5, 5.41) is 11.1. The Bertz CT molecular complexity index is 508. The first-order valence-corrected chi connectivity index (χ1v) is 9.16. The largest absolute Gasteiger partial charge is 0.379 e. The Morgan fingerprint density at radius 2 is 1.83 bits per heavy atom. The van der Waals surface area contributed by atoms with E-state index in [0.717, 1.165) is 32.1 Å². The van der Waals surface area contributed by atoms with Crippen LogP contribution in [0.3, 0.4) is 0 Å². The number of rotatable bonds is 3. The van der Waals surface area contributed by atoms with Gasteiger partial charge >= 0.3 is 0 Å². The molecule has 2 atom stereocenters. The second-order valence-corrected chi connectivity index (χ2v) is 8.63. The highest BCUT2D eigenvalue weighted by Gasteiger charge is 2.46. The number of ketones is 2. The van der Waals surface area contributed by atoms with Crippen LogP contribution in [-0.2, 0) is 14.3 Å². The minimum atomic E-state index is -1.62. The van der Waals surface area contributed by atoms with Crippen molar-refractivity contribution in [2.45, 2.75) is 83.8 Å². The van der Waals surface area contributed by atoms with Crippen molar-refractivity contribution in [3.8, 4) is 0 Å². The predicted molar refractivity (Wildman–Crippen MR) is 93.7 cm³/mol. The van der Waals surface area contributed by atoms with Crippen molar-refractivity contribution in [2.75, 3.05) is 6.61 Å². The van der Waals surface area contributed by atoms with Gasteiger partial charge in [0.25, 0.3) is 0 Å². The molecule has 0 aromatic rings. The van der Waals surface area contributed by atoms with Gasteiger partial charge in [0.15, 0.2) is 11.4 Å². The summed E-state index contributed by atoms with van der Waals surface area (Å²) >= 11 is 0. The van der Waals surface area contributed by atoms with E-state index in [0.29, 0.717) is 0 Å². The smallest absolute Gasteiger partial charge is 0.164 e. The molecular weight excluding hydrogens is 304 g/mol. The first-order chi connectivity index (χ1) is 11.1. The van der Waals surface area contributed by atoms with Crippen LogP contribution in [0.15, 0.2) is 12.2 Å². The number of Topliss-reactive ketones (excluding diaryl/α,β-unsaturated/α-hetero) is 2. The summed E-state index contributed by atoms with van der Waals surface area (Å²) in [5.74, 6) is -0.806. The molecule has 0 radical (unpaired) electrons. The minimum absolute atomic E-state index is 0.0191. The van der Waals surface area contributed by atoms with Crippen LogP contribution < -0.4 is 0 Å². The number of hydrogen-bond acceptors (Lipinski definition) is 4. The highest BCUT2D eigenvalue weighted by molar-refractivity contribution is 5.88. The quantitative estimate of drug-likeness (QED) is 0.800. The zero-order valence-electron chi connectivity index (χ0n) is 15.6. The summed E-state index contributed by atoms with van der Waals surface area (Å²) in [6, 6.07) is 0. The van der Waals surface area contributed by atoms with Crippen LogP contribution in [-0.4, -0.2) is 34.5 Å². The van der Waals surface area contributed by atoms with E-state index in [9.17, 15) is 14.7 Å². The van der Waals surface area contributed by atoms with Gasteiger partial charge in [0.2, 0.25) is 0 Å². The summed E-state index contributed by atoms with van der Waals surface area (Å²) in [6.07, 6.45) is 10.2. The Hall–Kier alpha value is -1.00. The number of ether oxygens (including phenoxy) is 1. The average molecular weight is 336 g/mol. The van der Waals surface area contributed by atoms with E-state index >= 15 is 0 Å². The summed E-state index contributed by atoms with van der Waals surface area (Å²) in [6.45, 7) is 6.96. The molecule has 2 rings (SSSR count). The van der Waals surface area contributed by atoms with Crippen molar-refractivity contribution in [3.05, 3.63) is 12.2 Å². The number of carbonyl (C=O) groups is 2. The van der Waals surface area contributed by atoms with Crippen molar-refractivity contribution in [2.24, 2.45) is 11.3 Å². The molecule has 1 N–H and O–H groups in total. The maximum absolute atomic E-state index is 12.4. The summed E-state index contributed by atoms with van der Waals surface area (Å²) in [5.41, 5.74) is -2.36. The highest BCUT2D eigenvalue weighted by Crippen LogP contribution is 2.39. The second kappa shape index (κ2) is 7.09. The zero-order valence-corrected chi connectivity index (χ0v) is 15.6. The average Bonchev–Trinajstić information content (AvgIpc) is 2.50. The van der Waals surface area contributed by atoms with Gasteiger partial charge in [0.1, 0.15) is 5.78 Å². The van der Waals surface area contributed by atoms with Crippen LogP contribution in [0.2, 0.25) is 0 Å². The molecule has 0 aromatic carbocycles. The predicted octanol–water partition coefficient (Wildman–Crippen LogP) is 3.61. The first-order valence-electron chi connectivity index (χ1n) is 9.16. The fourth-order valence-corrected chi connectivity index (χ4v) is 3.69. The zero-order chi connectivity index (χ0) is 18.0. The van der Waals surface area contributed by atoms with E-state index in [2.05, 4.69) is 0 Å². The van der Waals surface area contributed by atoms with Crippen molar-refractivity contribution < 1.29 is 19.4 Å². The van der Waals surface area contributed by atoms with Crippen molar-refractivity contribution in [1.29, 1.82) is 0 Å². The van der Waals surface area contributed by atoms with Crippen LogP contribution in [0, 0.1) is 11.3 Å². The maximum Gasteiger partial charge on any atom is 0.164 e. The molecule has 0 saturated heterocycles. The third kappa shape index (κ3) is 4.15. The van der Waals surface area contributed by atoms with Gasteiger partial charge in [-0.25, -0.2) is 0 Å². The molecule has 1 spiro atoms. The van der Waals surface area contributed by atoms with Gasteiger partial charge in [0, 0.05) is 17.8 Å². The fourth-order valence-electron chi connectivity index (χ4n) is 3.69. The third-order valence-electron chi connectivity index (χ3n) is 5.69. The molecule has 0 unspecified atom stereocenters. The molecule has 1 saturated carbocycles. The SMILES string of the molecule is CC(=O)[C@@]1(O)COC2(C/C=C\[C@@H]1CC(=O)C(C)(C)C)CCCCC2. The van der Waals surface area contributed by atoms with E-state index in [1.807, 2.05) is 32.9 Å². The molecule has 1 fully saturated rings. The summed E-state index contributed by atoms with van der Waals surface area (Å²) < 4.78 is 6.15. The normalized spacial score (nSPS) is 32.0. The van der Waals surface area contributed by atoms with E-state index < -0.39 is 16.9 Å². The van der Waals surface area contributed by atoms with Crippen LogP contribution >= 0.6 is 0 Å². The van der Waals surface area contributed by atoms with Gasteiger partial charge < -0.3 is 9.84 Å². The lowest BCUT2D eigenvalue weighted by atomic mass is 9.74. The van der Waals surface area contributed by atoms with Gasteiger partial charge in [0.05, 0.1) is 12.2 Å². The molecule has 4 heteroatoms. The van der Waals surface area contributed by atoms with E-state index in [4.69, 9.17) is 4.74 Å². The Labute approximate surface area is 145 Å². The van der Waals surface area contributed by atoms with E-state index in [1.165, 1.54) is 13.3 Å². The molecule has 1 aliphatic carbocycles. The molecule has 4 nitrogen and oxygen atoms in total. The van der Waals surface area contributed by atoms with Crippen molar-refractivity contribution in [3.63, 3.8) is 0 Å². The van der Waals surface area contributed by atoms with Gasteiger partial charge in [-0.15, -0.1) is 0 Å². The topological polar surface area (TPSA) is 63.6 Å². The minimum Gasteiger partial charge on any atom is -0.379 e. The standard InChI is InChI=1S/C20H32O4/c1-15(21)20(23)14-24-19(10-6-5-7-11-19)12-8-9-16(20)13-17(22)18(2,3)4/h8-9,16,23H,5-7,10-14H2,1-4H3/b9-8-/t16-,20+/m1/s1. The highest BCUT2D eigenvalue weighted by atomic mass is 16.5. The third-order valence-corrected chi connectivity index (χ3v) is 5.69. The van der Waals surface area contributed by atoms with Crippen LogP contribution in [0.5, 0.6) is 0 Å². The Balaban J connectivity index is 2.25. The number of hydrogen-bond donors (Lipinski definition) is 1. The lowest BCUT2D eigenvalue weighted by molar-refractivity contribution is -0.168. The fraction of sp³-hybridized carbons (Fsp3) is 0.800. The van der Waals surface area contributed by atoms with Crippen LogP contribution in [0.1, 0.15) is 72.6 Å². The van der Waals surface area contributed by atoms with Gasteiger partial charge in [-0.3, -0.25) is 9.59 Å². The Kier molecular flexibility index (Phi) is 5.71. The molecule has 1 heterocycles. The summed E-state index contributed by atoms with van der Waals surface area (Å²) in [4.78, 5) is 24.7. The van der Waals surface area contributed by atoms with E-state index in [-0.39, 0.29) is 30.2 Å². The Morgan fingerprint density at radius 1 is 1.21 bits per heavy atom. The Morgan fingerprint density at radius 3 is 2.38 bits per heavy atom. The van der Waals surface area contributed by atoms with Crippen molar-refractivity contribution in [1.82, 2.24) is 0 Å². The monoisotopic (exact) mass is 336 g/mol. The number of aliphatic hydroxyl groups is 1. The van der Waals surface area contributed by atoms with Gasteiger partial charge in [-0.1, -0.05) is 52.2 Å². The first kappa shape index (κ1) is 19.3. The van der Waals surface area contributed by atoms with Gasteiger partial charge in [-0.2, -0.15) is 0 Å². The molecule has 2 aliphatic rings. The van der Waals surface area contributed by atoms with Crippen LogP contribution in [0.4, 0.5) is 0 Å². The molecule has 0 amide bonds. The van der Waals surface area contributed by atoms with Crippen molar-refractivity contribution >= 4 is 11.6 Å². The molecule has 24 heavy (non-hydrogen) atoms. The molecule has 0 aromatic heterocycles. The molecule has 1 aliphatic heterocycles. The maximum atomic E-state index is 12.4. The lowest BCUT2D eigenvalue weighted by Crippen LogP contribution is -2.53. The summed E-state index contributed by atoms with van der Waals surface area (Å²) in [7, 11) is 0. The molecular formula is C20H32O4.